The van der Waals surface area contributed by atoms with Gasteiger partial charge in [0.2, 0.25) is 0 Å². The van der Waals surface area contributed by atoms with Crippen molar-refractivity contribution in [2.75, 3.05) is 0 Å². The van der Waals surface area contributed by atoms with Crippen LogP contribution in [-0.2, 0) is 4.79 Å². The second-order valence-electron chi connectivity index (χ2n) is 3.95. The topological polar surface area (TPSA) is 66.4 Å². The average Bonchev–Trinajstić information content (AvgIpc) is 2.65. The Kier molecular flexibility index (Phi) is 4.70. The monoisotopic (exact) mass is 319 g/mol. The molecule has 1 unspecified atom stereocenters. The quantitative estimate of drug-likeness (QED) is 0.877. The lowest BCUT2D eigenvalue weighted by Crippen LogP contribution is -2.51. The molecule has 0 aromatic carbocycles. The summed E-state index contributed by atoms with van der Waals surface area (Å²) >= 11 is 4.54. The fraction of sp³-hybridized carbons (Fsp3) is 0.455. The smallest absolute Gasteiger partial charge is 0.329 e. The van der Waals surface area contributed by atoms with E-state index in [1.165, 1.54) is 18.3 Å². The van der Waals surface area contributed by atoms with Crippen molar-refractivity contribution >= 4 is 39.1 Å². The van der Waals surface area contributed by atoms with Crippen LogP contribution in [0.4, 0.5) is 0 Å². The Morgan fingerprint density at radius 2 is 2.18 bits per heavy atom. The lowest BCUT2D eigenvalue weighted by Gasteiger charge is -2.25. The first-order chi connectivity index (χ1) is 7.89. The molecule has 1 amide bonds. The van der Waals surface area contributed by atoms with Gasteiger partial charge in [-0.3, -0.25) is 4.79 Å². The van der Waals surface area contributed by atoms with Gasteiger partial charge in [-0.25, -0.2) is 4.79 Å². The Labute approximate surface area is 112 Å². The predicted octanol–water partition coefficient (Wildman–Crippen LogP) is 2.88. The summed E-state index contributed by atoms with van der Waals surface area (Å²) in [6.45, 7) is 3.41. The molecule has 0 radical (unpaired) electrons. The van der Waals surface area contributed by atoms with E-state index in [2.05, 4.69) is 21.2 Å². The normalized spacial score (nSPS) is 14.1. The molecular formula is C11H14BrNO3S. The number of aliphatic carboxylic acids is 1. The number of carboxylic acids is 1. The average molecular weight is 320 g/mol. The van der Waals surface area contributed by atoms with Gasteiger partial charge in [-0.05, 0) is 41.4 Å². The molecule has 0 saturated carbocycles. The van der Waals surface area contributed by atoms with Crippen LogP contribution in [0.3, 0.4) is 0 Å². The minimum absolute atomic E-state index is 0.348. The zero-order valence-corrected chi connectivity index (χ0v) is 12.0. The first kappa shape index (κ1) is 14.2. The summed E-state index contributed by atoms with van der Waals surface area (Å²) < 4.78 is 0.843. The van der Waals surface area contributed by atoms with E-state index in [4.69, 9.17) is 5.11 Å². The Balaban J connectivity index is 2.81. The Hall–Kier alpha value is -0.880. The minimum Gasteiger partial charge on any atom is -0.480 e. The van der Waals surface area contributed by atoms with Crippen molar-refractivity contribution in [1.82, 2.24) is 5.32 Å². The second kappa shape index (κ2) is 5.64. The summed E-state index contributed by atoms with van der Waals surface area (Å²) in [6.07, 6.45) is 1.10. The molecule has 0 fully saturated rings. The number of halogens is 1. The maximum atomic E-state index is 11.9. The highest BCUT2D eigenvalue weighted by Crippen LogP contribution is 2.23. The summed E-state index contributed by atoms with van der Waals surface area (Å²) in [5, 5.41) is 11.7. The zero-order chi connectivity index (χ0) is 13.1. The summed E-state index contributed by atoms with van der Waals surface area (Å²) in [7, 11) is 0. The largest absolute Gasteiger partial charge is 0.480 e. The zero-order valence-electron chi connectivity index (χ0n) is 9.62. The lowest BCUT2D eigenvalue weighted by molar-refractivity contribution is -0.144. The molecule has 0 bridgehead atoms. The summed E-state index contributed by atoms with van der Waals surface area (Å²) in [5.74, 6) is -1.36. The van der Waals surface area contributed by atoms with Gasteiger partial charge in [0.1, 0.15) is 5.54 Å². The molecule has 2 N–H and O–H groups in total. The number of amides is 1. The molecule has 0 aliphatic carbocycles. The molecule has 6 heteroatoms. The molecule has 17 heavy (non-hydrogen) atoms. The molecule has 1 atom stereocenters. The molecule has 1 aromatic heterocycles. The highest BCUT2D eigenvalue weighted by molar-refractivity contribution is 9.11. The van der Waals surface area contributed by atoms with Crippen molar-refractivity contribution in [2.24, 2.45) is 0 Å². The first-order valence-corrected chi connectivity index (χ1v) is 6.81. The van der Waals surface area contributed by atoms with E-state index in [0.717, 1.165) is 3.79 Å². The number of carboxylic acid groups (broad SMARTS) is 1. The van der Waals surface area contributed by atoms with Gasteiger partial charge in [0.25, 0.3) is 5.91 Å². The van der Waals surface area contributed by atoms with Crippen LogP contribution in [0.1, 0.15) is 36.4 Å². The van der Waals surface area contributed by atoms with Gasteiger partial charge in [0.05, 0.1) is 8.66 Å². The first-order valence-electron chi connectivity index (χ1n) is 5.20. The van der Waals surface area contributed by atoms with Crippen LogP contribution < -0.4 is 5.32 Å². The van der Waals surface area contributed by atoms with Crippen LogP contribution in [0.15, 0.2) is 15.9 Å². The molecule has 4 nitrogen and oxygen atoms in total. The Morgan fingerprint density at radius 1 is 1.53 bits per heavy atom. The van der Waals surface area contributed by atoms with E-state index >= 15 is 0 Å². The van der Waals surface area contributed by atoms with E-state index in [9.17, 15) is 9.59 Å². The van der Waals surface area contributed by atoms with Gasteiger partial charge < -0.3 is 10.4 Å². The number of hydrogen-bond donors (Lipinski definition) is 2. The molecule has 0 aliphatic rings. The van der Waals surface area contributed by atoms with Crippen molar-refractivity contribution in [3.05, 3.63) is 20.8 Å². The van der Waals surface area contributed by atoms with Gasteiger partial charge in [-0.15, -0.1) is 11.3 Å². The van der Waals surface area contributed by atoms with Crippen LogP contribution in [0, 0.1) is 0 Å². The van der Waals surface area contributed by atoms with Gasteiger partial charge in [-0.1, -0.05) is 13.3 Å². The van der Waals surface area contributed by atoms with E-state index in [1.54, 1.807) is 12.1 Å². The summed E-state index contributed by atoms with van der Waals surface area (Å²) in [5.41, 5.74) is -1.21. The molecule has 0 aliphatic heterocycles. The molecular weight excluding hydrogens is 306 g/mol. The number of carbonyl (C=O) groups is 2. The molecule has 1 heterocycles. The van der Waals surface area contributed by atoms with Crippen LogP contribution >= 0.6 is 27.3 Å². The highest BCUT2D eigenvalue weighted by Gasteiger charge is 2.34. The maximum Gasteiger partial charge on any atom is 0.329 e. The molecule has 0 saturated heterocycles. The fourth-order valence-corrected chi connectivity index (χ4v) is 2.75. The van der Waals surface area contributed by atoms with Crippen LogP contribution in [-0.4, -0.2) is 22.5 Å². The van der Waals surface area contributed by atoms with Crippen molar-refractivity contribution in [2.45, 2.75) is 32.2 Å². The number of thiophene rings is 1. The lowest BCUT2D eigenvalue weighted by atomic mass is 9.96. The number of hydrogen-bond acceptors (Lipinski definition) is 3. The van der Waals surface area contributed by atoms with Crippen LogP contribution in [0.2, 0.25) is 0 Å². The Morgan fingerprint density at radius 3 is 2.59 bits per heavy atom. The fourth-order valence-electron chi connectivity index (χ4n) is 1.47. The highest BCUT2D eigenvalue weighted by atomic mass is 79.9. The van der Waals surface area contributed by atoms with Crippen molar-refractivity contribution < 1.29 is 14.7 Å². The third kappa shape index (κ3) is 3.54. The van der Waals surface area contributed by atoms with E-state index in [-0.39, 0.29) is 5.91 Å². The van der Waals surface area contributed by atoms with E-state index in [1.807, 2.05) is 6.92 Å². The van der Waals surface area contributed by atoms with Crippen molar-refractivity contribution in [3.8, 4) is 0 Å². The number of nitrogens with one attached hydrogen (secondary N) is 1. The van der Waals surface area contributed by atoms with Crippen molar-refractivity contribution in [3.63, 3.8) is 0 Å². The van der Waals surface area contributed by atoms with Gasteiger partial charge >= 0.3 is 5.97 Å². The third-order valence-corrected chi connectivity index (χ3v) is 4.03. The predicted molar refractivity (Wildman–Crippen MR) is 70.4 cm³/mol. The maximum absolute atomic E-state index is 11.9. The Bertz CT molecular complexity index is 432. The van der Waals surface area contributed by atoms with E-state index in [0.29, 0.717) is 17.7 Å². The standard InChI is InChI=1S/C11H14BrNO3S/c1-3-6-11(2,10(15)16)13-9(14)7-4-5-8(12)17-7/h4-5H,3,6H2,1-2H3,(H,13,14)(H,15,16). The second-order valence-corrected chi connectivity index (χ2v) is 6.41. The van der Waals surface area contributed by atoms with Gasteiger partial charge in [0, 0.05) is 0 Å². The number of rotatable bonds is 5. The third-order valence-electron chi connectivity index (χ3n) is 2.41. The van der Waals surface area contributed by atoms with Crippen LogP contribution in [0.25, 0.3) is 0 Å². The van der Waals surface area contributed by atoms with E-state index < -0.39 is 11.5 Å². The molecule has 94 valence electrons. The minimum atomic E-state index is -1.21. The SMILES string of the molecule is CCCC(C)(NC(=O)c1ccc(Br)s1)C(=O)O. The van der Waals surface area contributed by atoms with Crippen molar-refractivity contribution in [1.29, 1.82) is 0 Å². The summed E-state index contributed by atoms with van der Waals surface area (Å²) in [6, 6.07) is 3.43. The number of carbonyl (C=O) groups excluding carboxylic acids is 1. The molecule has 1 aromatic rings. The van der Waals surface area contributed by atoms with Crippen LogP contribution in [0.5, 0.6) is 0 Å². The summed E-state index contributed by atoms with van der Waals surface area (Å²) in [4.78, 5) is 23.5. The van der Waals surface area contributed by atoms with Gasteiger partial charge in [0.15, 0.2) is 0 Å². The molecule has 0 spiro atoms. The molecule has 1 rings (SSSR count). The van der Waals surface area contributed by atoms with Gasteiger partial charge in [-0.2, -0.15) is 0 Å².